The van der Waals surface area contributed by atoms with Crippen LogP contribution in [-0.4, -0.2) is 29.2 Å². The number of phenols is 1. The molecule has 3 aromatic carbocycles. The number of fused-ring (bicyclic) bond motifs is 1. The number of hydrogen-bond donors (Lipinski definition) is 2. The Morgan fingerprint density at radius 2 is 1.74 bits per heavy atom. The minimum Gasteiger partial charge on any atom is -0.508 e. The molecule has 0 fully saturated rings. The Balaban J connectivity index is 0.00000210. The number of phenolic OH excluding ortho intramolecular Hbond substituents is 1. The molecule has 1 heterocycles. The van der Waals surface area contributed by atoms with Crippen LogP contribution in [0.4, 0.5) is 0 Å². The van der Waals surface area contributed by atoms with Gasteiger partial charge in [0, 0.05) is 6.54 Å². The first-order valence-corrected chi connectivity index (χ1v) is 8.72. The highest BCUT2D eigenvalue weighted by molar-refractivity contribution is 14.0. The first-order valence-electron chi connectivity index (χ1n) is 8.72. The van der Waals surface area contributed by atoms with Gasteiger partial charge in [0.05, 0.1) is 13.1 Å². The molecule has 0 aromatic heterocycles. The molecule has 2 N–H and O–H groups in total. The number of nitrogens with one attached hydrogen (secondary N) is 1. The molecule has 0 amide bonds. The minimum absolute atomic E-state index is 0. The summed E-state index contributed by atoms with van der Waals surface area (Å²) in [5.74, 6) is 1.06. The molecule has 140 valence electrons. The van der Waals surface area contributed by atoms with Crippen LogP contribution in [0.1, 0.15) is 11.1 Å². The van der Waals surface area contributed by atoms with Gasteiger partial charge in [-0.25, -0.2) is 10.1 Å². The standard InChI is InChI=1S/C21H21N3O2.HI/c25-20-9-8-18-12-17(6-7-19(18)13-20)14-23-21-22-10-11-24(21)26-15-16-4-2-1-3-5-16;/h1-9,12-13,25H,10-11,14-15H2,(H,22,23);1H. The van der Waals surface area contributed by atoms with Crippen molar-refractivity contribution < 1.29 is 9.94 Å². The van der Waals surface area contributed by atoms with Crippen molar-refractivity contribution in [2.45, 2.75) is 13.2 Å². The second-order valence-corrected chi connectivity index (χ2v) is 6.29. The van der Waals surface area contributed by atoms with Crippen molar-refractivity contribution in [3.8, 4) is 5.75 Å². The van der Waals surface area contributed by atoms with E-state index in [4.69, 9.17) is 4.84 Å². The summed E-state index contributed by atoms with van der Waals surface area (Å²) < 4.78 is 0. The van der Waals surface area contributed by atoms with Gasteiger partial charge in [0.1, 0.15) is 12.4 Å². The van der Waals surface area contributed by atoms with E-state index in [-0.39, 0.29) is 29.7 Å². The van der Waals surface area contributed by atoms with Gasteiger partial charge in [0.2, 0.25) is 5.96 Å². The van der Waals surface area contributed by atoms with Crippen molar-refractivity contribution in [2.75, 3.05) is 13.1 Å². The lowest BCUT2D eigenvalue weighted by molar-refractivity contribution is -0.106. The first kappa shape index (κ1) is 19.4. The number of hydroxylamine groups is 2. The summed E-state index contributed by atoms with van der Waals surface area (Å²) in [6.07, 6.45) is 0. The van der Waals surface area contributed by atoms with Crippen LogP contribution in [0.15, 0.2) is 71.7 Å². The smallest absolute Gasteiger partial charge is 0.218 e. The van der Waals surface area contributed by atoms with Gasteiger partial charge in [0.15, 0.2) is 0 Å². The zero-order valence-corrected chi connectivity index (χ0v) is 17.2. The van der Waals surface area contributed by atoms with Crippen LogP contribution in [0.2, 0.25) is 0 Å². The number of aromatic hydroxyl groups is 1. The Morgan fingerprint density at radius 3 is 2.59 bits per heavy atom. The van der Waals surface area contributed by atoms with Gasteiger partial charge >= 0.3 is 0 Å². The van der Waals surface area contributed by atoms with E-state index in [1.54, 1.807) is 12.1 Å². The fraction of sp³-hybridized carbons (Fsp3) is 0.190. The molecule has 4 rings (SSSR count). The lowest BCUT2D eigenvalue weighted by atomic mass is 10.1. The summed E-state index contributed by atoms with van der Waals surface area (Å²) in [4.78, 5) is 10.4. The molecule has 0 atom stereocenters. The van der Waals surface area contributed by atoms with E-state index in [0.29, 0.717) is 13.2 Å². The predicted octanol–water partition coefficient (Wildman–Crippen LogP) is 4.06. The minimum atomic E-state index is 0. The summed E-state index contributed by atoms with van der Waals surface area (Å²) in [6, 6.07) is 21.7. The number of guanidine groups is 1. The largest absolute Gasteiger partial charge is 0.508 e. The third-order valence-corrected chi connectivity index (χ3v) is 4.37. The van der Waals surface area contributed by atoms with Crippen molar-refractivity contribution in [3.63, 3.8) is 0 Å². The van der Waals surface area contributed by atoms with Gasteiger partial charge in [-0.15, -0.1) is 24.0 Å². The van der Waals surface area contributed by atoms with Crippen LogP contribution < -0.4 is 5.32 Å². The van der Waals surface area contributed by atoms with Crippen molar-refractivity contribution >= 4 is 40.7 Å². The lowest BCUT2D eigenvalue weighted by Crippen LogP contribution is -2.37. The Hall–Kier alpha value is -2.32. The molecule has 1 aliphatic rings. The Labute approximate surface area is 175 Å². The van der Waals surface area contributed by atoms with Crippen LogP contribution in [0.3, 0.4) is 0 Å². The average molecular weight is 475 g/mol. The molecule has 6 heteroatoms. The maximum Gasteiger partial charge on any atom is 0.218 e. The van der Waals surface area contributed by atoms with Crippen LogP contribution in [0.25, 0.3) is 10.8 Å². The molecular weight excluding hydrogens is 453 g/mol. The topological polar surface area (TPSA) is 57.1 Å². The van der Waals surface area contributed by atoms with Gasteiger partial charge in [-0.3, -0.25) is 4.84 Å². The van der Waals surface area contributed by atoms with Crippen molar-refractivity contribution in [3.05, 3.63) is 77.9 Å². The van der Waals surface area contributed by atoms with E-state index < -0.39 is 0 Å². The molecule has 0 bridgehead atoms. The average Bonchev–Trinajstić information content (AvgIpc) is 3.13. The van der Waals surface area contributed by atoms with E-state index in [9.17, 15) is 5.11 Å². The number of rotatable bonds is 5. The Bertz CT molecular complexity index is 931. The summed E-state index contributed by atoms with van der Waals surface area (Å²) in [5.41, 5.74) is 2.29. The van der Waals surface area contributed by atoms with E-state index in [2.05, 4.69) is 22.4 Å². The highest BCUT2D eigenvalue weighted by Crippen LogP contribution is 2.21. The molecule has 3 aromatic rings. The highest BCUT2D eigenvalue weighted by Gasteiger charge is 2.17. The molecule has 1 aliphatic heterocycles. The fourth-order valence-electron chi connectivity index (χ4n) is 3.00. The number of aliphatic imine (C=N–C) groups is 1. The van der Waals surface area contributed by atoms with Crippen LogP contribution >= 0.6 is 24.0 Å². The molecule has 0 unspecified atom stereocenters. The SMILES string of the molecule is I.Oc1ccc2cc(CNC3=NCCN3OCc3ccccc3)ccc2c1. The van der Waals surface area contributed by atoms with Gasteiger partial charge in [0.25, 0.3) is 0 Å². The highest BCUT2D eigenvalue weighted by atomic mass is 127. The quantitative estimate of drug-likeness (QED) is 0.547. The summed E-state index contributed by atoms with van der Waals surface area (Å²) >= 11 is 0. The van der Waals surface area contributed by atoms with Crippen molar-refractivity contribution in [1.82, 2.24) is 10.4 Å². The molecule has 0 radical (unpaired) electrons. The second kappa shape index (κ2) is 9.05. The molecule has 5 nitrogen and oxygen atoms in total. The van der Waals surface area contributed by atoms with Crippen molar-refractivity contribution in [2.24, 2.45) is 4.99 Å². The lowest BCUT2D eigenvalue weighted by Gasteiger charge is -2.20. The predicted molar refractivity (Wildman–Crippen MR) is 118 cm³/mol. The van der Waals surface area contributed by atoms with Crippen molar-refractivity contribution in [1.29, 1.82) is 0 Å². The van der Waals surface area contributed by atoms with Crippen LogP contribution in [0, 0.1) is 0 Å². The molecular formula is C21H22IN3O2. The molecule has 27 heavy (non-hydrogen) atoms. The van der Waals surface area contributed by atoms with E-state index >= 15 is 0 Å². The third kappa shape index (κ3) is 4.90. The third-order valence-electron chi connectivity index (χ3n) is 4.37. The zero-order valence-electron chi connectivity index (χ0n) is 14.8. The molecule has 0 aliphatic carbocycles. The Morgan fingerprint density at radius 1 is 0.963 bits per heavy atom. The van der Waals surface area contributed by atoms with E-state index in [1.165, 1.54) is 0 Å². The fourth-order valence-corrected chi connectivity index (χ4v) is 3.00. The number of hydrogen-bond acceptors (Lipinski definition) is 5. The Kier molecular flexibility index (Phi) is 6.52. The first-order chi connectivity index (χ1) is 12.8. The molecule has 0 saturated carbocycles. The summed E-state index contributed by atoms with van der Waals surface area (Å²) in [7, 11) is 0. The second-order valence-electron chi connectivity index (χ2n) is 6.29. The van der Waals surface area contributed by atoms with Gasteiger partial charge in [-0.1, -0.05) is 48.5 Å². The monoisotopic (exact) mass is 475 g/mol. The number of benzene rings is 3. The van der Waals surface area contributed by atoms with Gasteiger partial charge in [-0.05, 0) is 40.1 Å². The maximum atomic E-state index is 9.56. The van der Waals surface area contributed by atoms with Gasteiger partial charge in [-0.2, -0.15) is 0 Å². The normalized spacial score (nSPS) is 13.3. The zero-order chi connectivity index (χ0) is 17.8. The van der Waals surface area contributed by atoms with E-state index in [1.807, 2.05) is 47.5 Å². The van der Waals surface area contributed by atoms with Crippen LogP contribution in [-0.2, 0) is 18.0 Å². The van der Waals surface area contributed by atoms with Gasteiger partial charge < -0.3 is 10.4 Å². The van der Waals surface area contributed by atoms with E-state index in [0.717, 1.165) is 40.9 Å². The summed E-state index contributed by atoms with van der Waals surface area (Å²) in [6.45, 7) is 2.68. The molecule has 0 saturated heterocycles. The molecule has 0 spiro atoms. The number of halogens is 1. The summed E-state index contributed by atoms with van der Waals surface area (Å²) in [5, 5.41) is 16.9. The van der Waals surface area contributed by atoms with Crippen LogP contribution in [0.5, 0.6) is 5.75 Å². The number of nitrogens with zero attached hydrogens (tertiary/aromatic N) is 2. The maximum absolute atomic E-state index is 9.56.